The van der Waals surface area contributed by atoms with E-state index in [1.165, 1.54) is 0 Å². The molecule has 0 spiro atoms. The molecule has 11 heavy (non-hydrogen) atoms. The van der Waals surface area contributed by atoms with Gasteiger partial charge in [0.15, 0.2) is 0 Å². The van der Waals surface area contributed by atoms with Crippen LogP contribution in [0.15, 0.2) is 18.7 Å². The van der Waals surface area contributed by atoms with Crippen LogP contribution >= 0.6 is 0 Å². The summed E-state index contributed by atoms with van der Waals surface area (Å²) in [7, 11) is 0. The second-order valence-electron chi connectivity index (χ2n) is 2.80. The van der Waals surface area contributed by atoms with E-state index in [0.29, 0.717) is 6.54 Å². The Balaban J connectivity index is 2.16. The molecule has 0 bridgehead atoms. The number of hydrogen-bond donors (Lipinski definition) is 2. The molecule has 0 radical (unpaired) electrons. The highest BCUT2D eigenvalue weighted by atomic mass is 16.3. The monoisotopic (exact) mass is 153 g/mol. The highest BCUT2D eigenvalue weighted by Gasteiger charge is 2.25. The largest absolute Gasteiger partial charge is 0.390 e. The van der Waals surface area contributed by atoms with Crippen LogP contribution in [0.2, 0.25) is 0 Å². The number of nitrogens with zero attached hydrogens (tertiary/aromatic N) is 2. The van der Waals surface area contributed by atoms with Crippen LogP contribution in [0.1, 0.15) is 6.04 Å². The zero-order chi connectivity index (χ0) is 7.68. The topological polar surface area (TPSA) is 50.1 Å². The number of β-amino-alcohol motifs (C(OH)–C–C–N with tert-alkyl or cyclic N) is 1. The standard InChI is InChI=1S/C7H11N3O/c11-7-4-9-3-6(7)10-2-1-8-5-10/h1-2,5-7,9,11H,3-4H2. The average molecular weight is 153 g/mol. The molecule has 1 aliphatic heterocycles. The van der Waals surface area contributed by atoms with E-state index in [2.05, 4.69) is 10.3 Å². The summed E-state index contributed by atoms with van der Waals surface area (Å²) in [5.74, 6) is 0. The highest BCUT2D eigenvalue weighted by molar-refractivity contribution is 4.90. The first-order valence-electron chi connectivity index (χ1n) is 3.74. The van der Waals surface area contributed by atoms with Crippen molar-refractivity contribution in [3.05, 3.63) is 18.7 Å². The van der Waals surface area contributed by atoms with Crippen molar-refractivity contribution in [2.75, 3.05) is 13.1 Å². The number of imidazole rings is 1. The van der Waals surface area contributed by atoms with E-state index in [4.69, 9.17) is 0 Å². The molecule has 2 heterocycles. The lowest BCUT2D eigenvalue weighted by Gasteiger charge is -2.13. The number of aliphatic hydroxyl groups is 1. The van der Waals surface area contributed by atoms with Crippen LogP contribution in [0.25, 0.3) is 0 Å². The highest BCUT2D eigenvalue weighted by Crippen LogP contribution is 2.14. The summed E-state index contributed by atoms with van der Waals surface area (Å²) in [5, 5.41) is 12.6. The lowest BCUT2D eigenvalue weighted by Crippen LogP contribution is -2.20. The first-order valence-corrected chi connectivity index (χ1v) is 3.74. The Morgan fingerprint density at radius 1 is 1.55 bits per heavy atom. The lowest BCUT2D eigenvalue weighted by molar-refractivity contribution is 0.151. The maximum Gasteiger partial charge on any atom is 0.0949 e. The predicted molar refractivity (Wildman–Crippen MR) is 40.1 cm³/mol. The summed E-state index contributed by atoms with van der Waals surface area (Å²) in [6, 6.07) is 0.164. The quantitative estimate of drug-likeness (QED) is 0.566. The second-order valence-corrected chi connectivity index (χ2v) is 2.80. The predicted octanol–water partition coefficient (Wildman–Crippen LogP) is -0.612. The first-order chi connectivity index (χ1) is 5.38. The van der Waals surface area contributed by atoms with Gasteiger partial charge in [0.05, 0.1) is 18.5 Å². The molecular formula is C7H11N3O. The van der Waals surface area contributed by atoms with Crippen molar-refractivity contribution in [1.29, 1.82) is 0 Å². The van der Waals surface area contributed by atoms with Gasteiger partial charge in [-0.3, -0.25) is 0 Å². The summed E-state index contributed by atoms with van der Waals surface area (Å²) >= 11 is 0. The zero-order valence-electron chi connectivity index (χ0n) is 6.14. The number of aliphatic hydroxyl groups excluding tert-OH is 1. The van der Waals surface area contributed by atoms with Crippen molar-refractivity contribution in [3.8, 4) is 0 Å². The van der Waals surface area contributed by atoms with Crippen molar-refractivity contribution in [2.24, 2.45) is 0 Å². The lowest BCUT2D eigenvalue weighted by atomic mass is 10.2. The minimum Gasteiger partial charge on any atom is -0.390 e. The van der Waals surface area contributed by atoms with Crippen molar-refractivity contribution >= 4 is 0 Å². The summed E-state index contributed by atoms with van der Waals surface area (Å²) in [6.07, 6.45) is 5.07. The van der Waals surface area contributed by atoms with Gasteiger partial charge in [-0.15, -0.1) is 0 Å². The molecule has 4 heteroatoms. The van der Waals surface area contributed by atoms with Gasteiger partial charge in [-0.25, -0.2) is 4.98 Å². The van der Waals surface area contributed by atoms with Crippen LogP contribution < -0.4 is 5.32 Å². The summed E-state index contributed by atoms with van der Waals surface area (Å²) in [4.78, 5) is 3.93. The second kappa shape index (κ2) is 2.64. The van der Waals surface area contributed by atoms with Gasteiger partial charge in [0.25, 0.3) is 0 Å². The first kappa shape index (κ1) is 6.82. The molecule has 1 fully saturated rings. The van der Waals surface area contributed by atoms with Gasteiger partial charge < -0.3 is 15.0 Å². The van der Waals surface area contributed by atoms with Gasteiger partial charge in [0.2, 0.25) is 0 Å². The molecule has 0 aliphatic carbocycles. The fourth-order valence-corrected chi connectivity index (χ4v) is 1.42. The maximum absolute atomic E-state index is 9.45. The molecule has 2 atom stereocenters. The Morgan fingerprint density at radius 3 is 3.00 bits per heavy atom. The molecule has 1 aromatic heterocycles. The molecule has 1 aromatic rings. The Bertz CT molecular complexity index is 222. The zero-order valence-corrected chi connectivity index (χ0v) is 6.14. The fraction of sp³-hybridized carbons (Fsp3) is 0.571. The van der Waals surface area contributed by atoms with Crippen molar-refractivity contribution in [3.63, 3.8) is 0 Å². The van der Waals surface area contributed by atoms with Gasteiger partial charge in [-0.05, 0) is 0 Å². The van der Waals surface area contributed by atoms with Crippen molar-refractivity contribution < 1.29 is 5.11 Å². The van der Waals surface area contributed by atoms with E-state index in [0.717, 1.165) is 6.54 Å². The minimum atomic E-state index is -0.274. The van der Waals surface area contributed by atoms with E-state index in [9.17, 15) is 5.11 Å². The van der Waals surface area contributed by atoms with E-state index in [1.807, 2.05) is 10.8 Å². The maximum atomic E-state index is 9.45. The van der Waals surface area contributed by atoms with E-state index in [-0.39, 0.29) is 12.1 Å². The van der Waals surface area contributed by atoms with Gasteiger partial charge in [0.1, 0.15) is 0 Å². The molecule has 2 rings (SSSR count). The summed E-state index contributed by atoms with van der Waals surface area (Å²) in [5.41, 5.74) is 0. The van der Waals surface area contributed by atoms with Crippen molar-refractivity contribution in [2.45, 2.75) is 12.1 Å². The van der Waals surface area contributed by atoms with E-state index in [1.54, 1.807) is 12.5 Å². The number of rotatable bonds is 1. The summed E-state index contributed by atoms with van der Waals surface area (Å²) in [6.45, 7) is 1.51. The fourth-order valence-electron chi connectivity index (χ4n) is 1.42. The molecule has 0 saturated carbocycles. The Labute approximate surface area is 64.9 Å². The minimum absolute atomic E-state index is 0.164. The molecule has 0 amide bonds. The number of hydrogen-bond acceptors (Lipinski definition) is 3. The molecule has 0 aromatic carbocycles. The molecule has 2 N–H and O–H groups in total. The normalized spacial score (nSPS) is 31.0. The Hall–Kier alpha value is -0.870. The van der Waals surface area contributed by atoms with Gasteiger partial charge in [-0.2, -0.15) is 0 Å². The smallest absolute Gasteiger partial charge is 0.0949 e. The third-order valence-electron chi connectivity index (χ3n) is 2.06. The SMILES string of the molecule is OC1CNCC1n1ccnc1. The third kappa shape index (κ3) is 1.15. The van der Waals surface area contributed by atoms with Crippen LogP contribution in [0, 0.1) is 0 Å². The number of aromatic nitrogens is 2. The molecular weight excluding hydrogens is 142 g/mol. The Kier molecular flexibility index (Phi) is 1.63. The number of nitrogens with one attached hydrogen (secondary N) is 1. The Morgan fingerprint density at radius 2 is 2.45 bits per heavy atom. The van der Waals surface area contributed by atoms with Crippen LogP contribution in [0.5, 0.6) is 0 Å². The van der Waals surface area contributed by atoms with Crippen LogP contribution in [-0.4, -0.2) is 33.9 Å². The molecule has 60 valence electrons. The van der Waals surface area contributed by atoms with Crippen LogP contribution in [0.4, 0.5) is 0 Å². The molecule has 4 nitrogen and oxygen atoms in total. The molecule has 2 unspecified atom stereocenters. The van der Waals surface area contributed by atoms with E-state index < -0.39 is 0 Å². The van der Waals surface area contributed by atoms with Crippen LogP contribution in [0.3, 0.4) is 0 Å². The third-order valence-corrected chi connectivity index (χ3v) is 2.06. The van der Waals surface area contributed by atoms with Crippen molar-refractivity contribution in [1.82, 2.24) is 14.9 Å². The molecule has 1 saturated heterocycles. The van der Waals surface area contributed by atoms with Gasteiger partial charge >= 0.3 is 0 Å². The van der Waals surface area contributed by atoms with Gasteiger partial charge in [-0.1, -0.05) is 0 Å². The van der Waals surface area contributed by atoms with Gasteiger partial charge in [0, 0.05) is 25.5 Å². The van der Waals surface area contributed by atoms with E-state index >= 15 is 0 Å². The van der Waals surface area contributed by atoms with Crippen LogP contribution in [-0.2, 0) is 0 Å². The summed E-state index contributed by atoms with van der Waals surface area (Å²) < 4.78 is 1.94. The molecule has 1 aliphatic rings. The average Bonchev–Trinajstić information content (AvgIpc) is 2.55.